The van der Waals surface area contributed by atoms with E-state index in [4.69, 9.17) is 4.74 Å². The van der Waals surface area contributed by atoms with Crippen LogP contribution < -0.4 is 19.9 Å². The second kappa shape index (κ2) is 9.24. The summed E-state index contributed by atoms with van der Waals surface area (Å²) in [6.07, 6.45) is 0.286. The molecule has 2 aliphatic rings. The number of halogens is 1. The summed E-state index contributed by atoms with van der Waals surface area (Å²) in [6, 6.07) is 13.5. The maximum Gasteiger partial charge on any atom is 0.317 e. The second-order valence-electron chi connectivity index (χ2n) is 7.73. The Morgan fingerprint density at radius 2 is 1.68 bits per heavy atom. The first-order valence-electron chi connectivity index (χ1n) is 10.6. The lowest BCUT2D eigenvalue weighted by Crippen LogP contribution is -2.53. The minimum Gasteiger partial charge on any atom is -0.494 e. The van der Waals surface area contributed by atoms with Crippen molar-refractivity contribution in [3.8, 4) is 5.75 Å². The molecule has 7 nitrogen and oxygen atoms in total. The number of ether oxygens (including phenoxy) is 1. The Morgan fingerprint density at radius 1 is 1.03 bits per heavy atom. The highest BCUT2D eigenvalue weighted by Crippen LogP contribution is 2.24. The summed E-state index contributed by atoms with van der Waals surface area (Å²) in [6.45, 7) is 5.48. The molecule has 2 saturated heterocycles. The Labute approximate surface area is 181 Å². The lowest BCUT2D eigenvalue weighted by atomic mass is 10.2. The summed E-state index contributed by atoms with van der Waals surface area (Å²) in [5.41, 5.74) is 1.76. The van der Waals surface area contributed by atoms with E-state index in [-0.39, 0.29) is 30.2 Å². The van der Waals surface area contributed by atoms with Crippen molar-refractivity contribution in [2.45, 2.75) is 19.4 Å². The number of anilines is 2. The molecule has 4 rings (SSSR count). The average molecular weight is 426 g/mol. The predicted octanol–water partition coefficient (Wildman–Crippen LogP) is 2.86. The fourth-order valence-electron chi connectivity index (χ4n) is 4.03. The van der Waals surface area contributed by atoms with E-state index in [0.29, 0.717) is 39.3 Å². The number of piperazine rings is 1. The van der Waals surface area contributed by atoms with E-state index in [1.54, 1.807) is 21.9 Å². The molecule has 1 atom stereocenters. The van der Waals surface area contributed by atoms with E-state index in [1.807, 2.05) is 31.2 Å². The van der Waals surface area contributed by atoms with E-state index in [2.05, 4.69) is 10.2 Å². The van der Waals surface area contributed by atoms with Gasteiger partial charge in [-0.2, -0.15) is 0 Å². The van der Waals surface area contributed by atoms with Crippen LogP contribution in [-0.2, 0) is 4.79 Å². The molecule has 0 bridgehead atoms. The highest BCUT2D eigenvalue weighted by molar-refractivity contribution is 5.96. The van der Waals surface area contributed by atoms with Crippen LogP contribution in [0, 0.1) is 5.82 Å². The van der Waals surface area contributed by atoms with Gasteiger partial charge in [0, 0.05) is 50.5 Å². The predicted molar refractivity (Wildman–Crippen MR) is 117 cm³/mol. The zero-order chi connectivity index (χ0) is 21.8. The van der Waals surface area contributed by atoms with Crippen molar-refractivity contribution in [3.63, 3.8) is 0 Å². The van der Waals surface area contributed by atoms with Crippen LogP contribution in [0.4, 0.5) is 20.6 Å². The molecular weight excluding hydrogens is 399 g/mol. The summed E-state index contributed by atoms with van der Waals surface area (Å²) >= 11 is 0. The third-order valence-corrected chi connectivity index (χ3v) is 5.67. The Morgan fingerprint density at radius 3 is 2.32 bits per heavy atom. The molecule has 0 aromatic heterocycles. The number of benzene rings is 2. The molecule has 0 radical (unpaired) electrons. The molecule has 0 spiro atoms. The zero-order valence-corrected chi connectivity index (χ0v) is 17.6. The molecule has 31 heavy (non-hydrogen) atoms. The third-order valence-electron chi connectivity index (χ3n) is 5.67. The van der Waals surface area contributed by atoms with Crippen LogP contribution >= 0.6 is 0 Å². The van der Waals surface area contributed by atoms with Gasteiger partial charge in [0.25, 0.3) is 0 Å². The molecule has 1 N–H and O–H groups in total. The van der Waals surface area contributed by atoms with Crippen molar-refractivity contribution in [2.75, 3.05) is 49.1 Å². The van der Waals surface area contributed by atoms with Crippen molar-refractivity contribution in [1.82, 2.24) is 10.2 Å². The van der Waals surface area contributed by atoms with Gasteiger partial charge < -0.3 is 24.8 Å². The normalized spacial score (nSPS) is 19.0. The molecule has 3 amide bonds. The number of hydrogen-bond donors (Lipinski definition) is 1. The van der Waals surface area contributed by atoms with Crippen molar-refractivity contribution in [1.29, 1.82) is 0 Å². The molecule has 0 aliphatic carbocycles. The average Bonchev–Trinajstić information content (AvgIpc) is 3.15. The van der Waals surface area contributed by atoms with Gasteiger partial charge in [-0.15, -0.1) is 0 Å². The topological polar surface area (TPSA) is 65.1 Å². The molecule has 0 saturated carbocycles. The van der Waals surface area contributed by atoms with Crippen molar-refractivity contribution >= 4 is 23.3 Å². The summed E-state index contributed by atoms with van der Waals surface area (Å²) in [5, 5.41) is 3.00. The zero-order valence-electron chi connectivity index (χ0n) is 17.6. The van der Waals surface area contributed by atoms with Crippen LogP contribution in [0.15, 0.2) is 48.5 Å². The SMILES string of the molecule is CCOc1ccc(N2C[C@@H](NC(=O)N3CCN(c4ccc(F)cc4)CC3)CC2=O)cc1. The van der Waals surface area contributed by atoms with Crippen LogP contribution in [0.25, 0.3) is 0 Å². The van der Waals surface area contributed by atoms with Crippen LogP contribution in [0.3, 0.4) is 0 Å². The molecule has 2 aromatic rings. The monoisotopic (exact) mass is 426 g/mol. The minimum absolute atomic E-state index is 0.00408. The van der Waals surface area contributed by atoms with Gasteiger partial charge in [0.15, 0.2) is 0 Å². The third kappa shape index (κ3) is 4.90. The molecule has 0 unspecified atom stereocenters. The number of carbonyl (C=O) groups excluding carboxylic acids is 2. The number of amides is 3. The number of urea groups is 1. The maximum absolute atomic E-state index is 13.1. The summed E-state index contributed by atoms with van der Waals surface area (Å²) in [4.78, 5) is 30.8. The fraction of sp³-hybridized carbons (Fsp3) is 0.391. The van der Waals surface area contributed by atoms with Crippen molar-refractivity contribution in [2.24, 2.45) is 0 Å². The second-order valence-corrected chi connectivity index (χ2v) is 7.73. The van der Waals surface area contributed by atoms with E-state index in [0.717, 1.165) is 17.1 Å². The van der Waals surface area contributed by atoms with E-state index < -0.39 is 0 Å². The molecule has 2 fully saturated rings. The standard InChI is InChI=1S/C23H27FN4O3/c1-2-31-21-9-7-20(8-10-21)28-16-18(15-22(28)29)25-23(30)27-13-11-26(12-14-27)19-5-3-17(24)4-6-19/h3-10,18H,2,11-16H2,1H3,(H,25,30)/t18-/m0/s1. The highest BCUT2D eigenvalue weighted by Gasteiger charge is 2.33. The Kier molecular flexibility index (Phi) is 6.25. The first-order chi connectivity index (χ1) is 15.0. The van der Waals surface area contributed by atoms with Crippen LogP contribution in [0.1, 0.15) is 13.3 Å². The molecule has 8 heteroatoms. The number of nitrogens with one attached hydrogen (secondary N) is 1. The molecule has 2 aromatic carbocycles. The Hall–Kier alpha value is -3.29. The summed E-state index contributed by atoms with van der Waals surface area (Å²) < 4.78 is 18.6. The highest BCUT2D eigenvalue weighted by atomic mass is 19.1. The van der Waals surface area contributed by atoms with Gasteiger partial charge in [-0.25, -0.2) is 9.18 Å². The van der Waals surface area contributed by atoms with Crippen LogP contribution in [0.2, 0.25) is 0 Å². The fourth-order valence-corrected chi connectivity index (χ4v) is 4.03. The molecule has 164 valence electrons. The lowest BCUT2D eigenvalue weighted by molar-refractivity contribution is -0.117. The summed E-state index contributed by atoms with van der Waals surface area (Å²) in [5.74, 6) is 0.505. The van der Waals surface area contributed by atoms with Gasteiger partial charge in [0.2, 0.25) is 5.91 Å². The van der Waals surface area contributed by atoms with E-state index in [9.17, 15) is 14.0 Å². The van der Waals surface area contributed by atoms with Gasteiger partial charge in [-0.05, 0) is 55.5 Å². The Balaban J connectivity index is 1.28. The van der Waals surface area contributed by atoms with Crippen LogP contribution in [-0.4, -0.2) is 62.2 Å². The summed E-state index contributed by atoms with van der Waals surface area (Å²) in [7, 11) is 0. The smallest absolute Gasteiger partial charge is 0.317 e. The first-order valence-corrected chi connectivity index (χ1v) is 10.6. The first kappa shape index (κ1) is 21.0. The lowest BCUT2D eigenvalue weighted by Gasteiger charge is -2.36. The van der Waals surface area contributed by atoms with Gasteiger partial charge in [-0.3, -0.25) is 4.79 Å². The number of hydrogen-bond acceptors (Lipinski definition) is 4. The number of carbonyl (C=O) groups is 2. The van der Waals surface area contributed by atoms with Crippen molar-refractivity contribution in [3.05, 3.63) is 54.3 Å². The van der Waals surface area contributed by atoms with Gasteiger partial charge >= 0.3 is 6.03 Å². The molecule has 2 aliphatic heterocycles. The molecule has 2 heterocycles. The minimum atomic E-state index is -0.257. The molecular formula is C23H27FN4O3. The quantitative estimate of drug-likeness (QED) is 0.799. The maximum atomic E-state index is 13.1. The van der Waals surface area contributed by atoms with Crippen molar-refractivity contribution < 1.29 is 18.7 Å². The van der Waals surface area contributed by atoms with Gasteiger partial charge in [0.05, 0.1) is 12.6 Å². The number of rotatable bonds is 5. The Bertz CT molecular complexity index is 911. The number of nitrogens with zero attached hydrogens (tertiary/aromatic N) is 3. The van der Waals surface area contributed by atoms with Gasteiger partial charge in [-0.1, -0.05) is 0 Å². The van der Waals surface area contributed by atoms with E-state index in [1.165, 1.54) is 12.1 Å². The van der Waals surface area contributed by atoms with Crippen LogP contribution in [0.5, 0.6) is 5.75 Å². The van der Waals surface area contributed by atoms with Gasteiger partial charge in [0.1, 0.15) is 11.6 Å². The van der Waals surface area contributed by atoms with E-state index >= 15 is 0 Å². The largest absolute Gasteiger partial charge is 0.494 e.